The van der Waals surface area contributed by atoms with Gasteiger partial charge in [-0.25, -0.2) is 0 Å². The highest BCUT2D eigenvalue weighted by Gasteiger charge is 2.10. The van der Waals surface area contributed by atoms with Gasteiger partial charge in [0.25, 0.3) is 0 Å². The van der Waals surface area contributed by atoms with Crippen molar-refractivity contribution in [3.63, 3.8) is 0 Å². The second-order valence-electron chi connectivity index (χ2n) is 2.47. The van der Waals surface area contributed by atoms with Gasteiger partial charge in [0.05, 0.1) is 0 Å². The Labute approximate surface area is 83.1 Å². The lowest BCUT2D eigenvalue weighted by molar-refractivity contribution is -0.698. The minimum atomic E-state index is 0.399. The summed E-state index contributed by atoms with van der Waals surface area (Å²) in [6.45, 7) is 0. The van der Waals surface area contributed by atoms with Crippen molar-refractivity contribution in [3.8, 4) is 5.69 Å². The van der Waals surface area contributed by atoms with Crippen LogP contribution in [0.15, 0.2) is 41.1 Å². The van der Waals surface area contributed by atoms with Crippen LogP contribution in [0.5, 0.6) is 0 Å². The van der Waals surface area contributed by atoms with E-state index >= 15 is 0 Å². The summed E-state index contributed by atoms with van der Waals surface area (Å²) in [7, 11) is 0. The quantitative estimate of drug-likeness (QED) is 0.556. The van der Waals surface area contributed by atoms with E-state index in [0.717, 1.165) is 5.69 Å². The van der Waals surface area contributed by atoms with Gasteiger partial charge in [-0.05, 0) is 16.9 Å². The lowest BCUT2D eigenvalue weighted by Gasteiger charge is -2.02. The Balaban J connectivity index is 2.53. The minimum Gasteiger partial charge on any atom is -0.691 e. The Morgan fingerprint density at radius 1 is 1.31 bits per heavy atom. The van der Waals surface area contributed by atoms with Gasteiger partial charge in [-0.3, -0.25) is 0 Å². The van der Waals surface area contributed by atoms with Crippen LogP contribution in [0.3, 0.4) is 0 Å². The molecule has 0 atom stereocenters. The van der Waals surface area contributed by atoms with Crippen LogP contribution in [0.25, 0.3) is 5.69 Å². The number of hydrogen-bond acceptors (Lipinski definition) is 2. The van der Waals surface area contributed by atoms with Crippen LogP contribution >= 0.6 is 15.9 Å². The number of benzene rings is 1. The first-order valence-electron chi connectivity index (χ1n) is 3.68. The predicted octanol–water partition coefficient (Wildman–Crippen LogP) is 1.27. The normalized spacial score (nSPS) is 10.2. The maximum atomic E-state index is 11.3. The summed E-state index contributed by atoms with van der Waals surface area (Å²) in [5.41, 5.74) is 0.739. The topological polar surface area (TPSA) is 44.8 Å². The molecule has 0 bridgehead atoms. The van der Waals surface area contributed by atoms with E-state index in [0.29, 0.717) is 9.45 Å². The maximum absolute atomic E-state index is 11.3. The smallest absolute Gasteiger partial charge is 0.240 e. The fraction of sp³-hybridized carbons (Fsp3) is 0. The summed E-state index contributed by atoms with van der Waals surface area (Å²) in [6, 6.07) is 9.22. The van der Waals surface area contributed by atoms with E-state index < -0.39 is 0 Å². The number of para-hydroxylation sites is 1. The second kappa shape index (κ2) is 3.18. The second-order valence-corrected chi connectivity index (χ2v) is 3.28. The van der Waals surface area contributed by atoms with Crippen LogP contribution in [-0.4, -0.2) is 9.90 Å². The maximum Gasteiger partial charge on any atom is 0.240 e. The average molecular weight is 240 g/mol. The number of aromatic nitrogens is 3. The summed E-state index contributed by atoms with van der Waals surface area (Å²) >= 11 is 3.08. The molecule has 0 aliphatic carbocycles. The Hall–Kier alpha value is -1.36. The van der Waals surface area contributed by atoms with E-state index in [9.17, 15) is 5.21 Å². The molecule has 0 radical (unpaired) electrons. The lowest BCUT2D eigenvalue weighted by atomic mass is 10.3. The van der Waals surface area contributed by atoms with Crippen LogP contribution in [0.1, 0.15) is 0 Å². The fourth-order valence-electron chi connectivity index (χ4n) is 1.02. The van der Waals surface area contributed by atoms with Crippen molar-refractivity contribution in [3.05, 3.63) is 46.3 Å². The largest absolute Gasteiger partial charge is 0.691 e. The third-order valence-corrected chi connectivity index (χ3v) is 2.12. The monoisotopic (exact) mass is 239 g/mol. The van der Waals surface area contributed by atoms with Crippen molar-refractivity contribution >= 4 is 15.9 Å². The Morgan fingerprint density at radius 2 is 2.00 bits per heavy atom. The molecule has 4 nitrogen and oxygen atoms in total. The molecular formula is C8H6BrN3O. The van der Waals surface area contributed by atoms with Crippen molar-refractivity contribution in [1.82, 2.24) is 9.90 Å². The standard InChI is InChI=1S/C8H6BrN3O/c9-8-6-10-11(12(8)13)7-4-2-1-3-5-7/h1-6H. The van der Waals surface area contributed by atoms with Gasteiger partial charge in [-0.15, -0.1) is 4.85 Å². The molecule has 13 heavy (non-hydrogen) atoms. The van der Waals surface area contributed by atoms with Crippen molar-refractivity contribution in [1.29, 1.82) is 0 Å². The van der Waals surface area contributed by atoms with Gasteiger partial charge >= 0.3 is 0 Å². The number of rotatable bonds is 1. The molecule has 0 fully saturated rings. The first-order valence-corrected chi connectivity index (χ1v) is 4.47. The van der Waals surface area contributed by atoms with E-state index in [1.807, 2.05) is 30.3 Å². The molecule has 0 aliphatic heterocycles. The molecule has 2 rings (SSSR count). The third-order valence-electron chi connectivity index (χ3n) is 1.62. The van der Waals surface area contributed by atoms with Crippen molar-refractivity contribution < 1.29 is 4.85 Å². The summed E-state index contributed by atoms with van der Waals surface area (Å²) in [6.07, 6.45) is 1.46. The predicted molar refractivity (Wildman–Crippen MR) is 50.2 cm³/mol. The van der Waals surface area contributed by atoms with E-state index in [-0.39, 0.29) is 0 Å². The van der Waals surface area contributed by atoms with Crippen LogP contribution < -0.4 is 4.85 Å². The molecule has 0 N–H and O–H groups in total. The SMILES string of the molecule is [O-][n+]1c(Br)cnn1-c1ccccc1. The van der Waals surface area contributed by atoms with Gasteiger partial charge in [-0.2, -0.15) is 0 Å². The molecule has 0 saturated heterocycles. The van der Waals surface area contributed by atoms with E-state index in [4.69, 9.17) is 0 Å². The highest BCUT2D eigenvalue weighted by Crippen LogP contribution is 2.05. The van der Waals surface area contributed by atoms with Crippen LogP contribution in [0, 0.1) is 5.21 Å². The first kappa shape index (κ1) is 8.25. The van der Waals surface area contributed by atoms with Gasteiger partial charge < -0.3 is 5.21 Å². The van der Waals surface area contributed by atoms with Crippen LogP contribution in [-0.2, 0) is 0 Å². The molecule has 0 unspecified atom stereocenters. The van der Waals surface area contributed by atoms with E-state index in [1.54, 1.807) is 0 Å². The molecule has 5 heteroatoms. The number of hydrogen-bond donors (Lipinski definition) is 0. The third kappa shape index (κ3) is 1.42. The molecule has 1 heterocycles. The Morgan fingerprint density at radius 3 is 2.54 bits per heavy atom. The zero-order valence-corrected chi connectivity index (χ0v) is 8.18. The Kier molecular flexibility index (Phi) is 2.02. The molecule has 0 saturated carbocycles. The van der Waals surface area contributed by atoms with E-state index in [1.165, 1.54) is 11.0 Å². The number of halogens is 1. The highest BCUT2D eigenvalue weighted by molar-refractivity contribution is 9.10. The highest BCUT2D eigenvalue weighted by atomic mass is 79.9. The zero-order valence-electron chi connectivity index (χ0n) is 6.59. The lowest BCUT2D eigenvalue weighted by Crippen LogP contribution is -2.37. The van der Waals surface area contributed by atoms with Gasteiger partial charge in [0.1, 0.15) is 5.69 Å². The Bertz CT molecular complexity index is 413. The van der Waals surface area contributed by atoms with E-state index in [2.05, 4.69) is 21.0 Å². The molecule has 2 aromatic rings. The van der Waals surface area contributed by atoms with Gasteiger partial charge in [0.2, 0.25) is 10.8 Å². The van der Waals surface area contributed by atoms with Gasteiger partial charge in [0, 0.05) is 21.0 Å². The van der Waals surface area contributed by atoms with Gasteiger partial charge in [-0.1, -0.05) is 18.2 Å². The molecule has 1 aromatic heterocycles. The fourth-order valence-corrected chi connectivity index (χ4v) is 1.26. The first-order chi connectivity index (χ1) is 6.29. The van der Waals surface area contributed by atoms with Crippen molar-refractivity contribution in [2.75, 3.05) is 0 Å². The summed E-state index contributed by atoms with van der Waals surface area (Å²) < 4.78 is 0.399. The summed E-state index contributed by atoms with van der Waals surface area (Å²) in [5, 5.41) is 15.2. The van der Waals surface area contributed by atoms with Gasteiger partial charge in [0.15, 0.2) is 0 Å². The average Bonchev–Trinajstić information content (AvgIpc) is 2.49. The molecule has 0 spiro atoms. The van der Waals surface area contributed by atoms with Crippen LogP contribution in [0.4, 0.5) is 0 Å². The molecule has 0 amide bonds. The summed E-state index contributed by atoms with van der Waals surface area (Å²) in [5.74, 6) is 0. The number of nitrogens with zero attached hydrogens (tertiary/aromatic N) is 3. The summed E-state index contributed by atoms with van der Waals surface area (Å²) in [4.78, 5) is 1.94. The van der Waals surface area contributed by atoms with Crippen LogP contribution in [0.2, 0.25) is 0 Å². The molecule has 1 aromatic carbocycles. The zero-order chi connectivity index (χ0) is 9.26. The minimum absolute atomic E-state index is 0.399. The van der Waals surface area contributed by atoms with Crippen molar-refractivity contribution in [2.24, 2.45) is 0 Å². The molecule has 66 valence electrons. The molecular weight excluding hydrogens is 234 g/mol. The van der Waals surface area contributed by atoms with Crippen molar-refractivity contribution in [2.45, 2.75) is 0 Å². The molecule has 0 aliphatic rings.